The van der Waals surface area contributed by atoms with E-state index >= 15 is 0 Å². The van der Waals surface area contributed by atoms with Crippen LogP contribution in [0.4, 0.5) is 5.82 Å². The van der Waals surface area contributed by atoms with Crippen LogP contribution in [0.15, 0.2) is 24.3 Å². The summed E-state index contributed by atoms with van der Waals surface area (Å²) >= 11 is 0. The van der Waals surface area contributed by atoms with Gasteiger partial charge in [0.2, 0.25) is 0 Å². The van der Waals surface area contributed by atoms with Crippen LogP contribution in [0.3, 0.4) is 0 Å². The summed E-state index contributed by atoms with van der Waals surface area (Å²) in [5, 5.41) is 3.36. The van der Waals surface area contributed by atoms with Crippen LogP contribution in [0.2, 0.25) is 0 Å². The number of anilines is 1. The summed E-state index contributed by atoms with van der Waals surface area (Å²) in [4.78, 5) is 9.51. The van der Waals surface area contributed by atoms with Gasteiger partial charge in [0.05, 0.1) is 5.92 Å². The fourth-order valence-corrected chi connectivity index (χ4v) is 2.89. The number of aryl methyl sites for hydroxylation is 1. The van der Waals surface area contributed by atoms with Gasteiger partial charge in [-0.3, -0.25) is 0 Å². The molecule has 4 nitrogen and oxygen atoms in total. The maximum atomic E-state index is 5.76. The van der Waals surface area contributed by atoms with Gasteiger partial charge < -0.3 is 10.1 Å². The van der Waals surface area contributed by atoms with Crippen LogP contribution in [0.5, 0.6) is 5.75 Å². The van der Waals surface area contributed by atoms with E-state index in [1.54, 1.807) is 0 Å². The molecule has 0 aliphatic carbocycles. The van der Waals surface area contributed by atoms with E-state index < -0.39 is 0 Å². The maximum Gasteiger partial charge on any atom is 0.142 e. The van der Waals surface area contributed by atoms with Gasteiger partial charge in [-0.15, -0.1) is 0 Å². The maximum absolute atomic E-state index is 5.76. The Labute approximate surface area is 125 Å². The summed E-state index contributed by atoms with van der Waals surface area (Å²) < 4.78 is 5.76. The van der Waals surface area contributed by atoms with E-state index in [-0.39, 0.29) is 5.92 Å². The molecule has 0 amide bonds. The van der Waals surface area contributed by atoms with E-state index in [1.165, 1.54) is 11.1 Å². The molecule has 21 heavy (non-hydrogen) atoms. The highest BCUT2D eigenvalue weighted by molar-refractivity contribution is 5.49. The van der Waals surface area contributed by atoms with E-state index in [9.17, 15) is 0 Å². The van der Waals surface area contributed by atoms with Crippen molar-refractivity contribution in [1.82, 2.24) is 9.97 Å². The van der Waals surface area contributed by atoms with Crippen molar-refractivity contribution in [3.63, 3.8) is 0 Å². The lowest BCUT2D eigenvalue weighted by atomic mass is 10.00. The van der Waals surface area contributed by atoms with Crippen LogP contribution < -0.4 is 10.1 Å². The Morgan fingerprint density at radius 1 is 1.24 bits per heavy atom. The molecule has 1 aliphatic rings. The molecule has 0 saturated heterocycles. The molecule has 1 N–H and O–H groups in total. The van der Waals surface area contributed by atoms with Gasteiger partial charge in [0.25, 0.3) is 0 Å². The summed E-state index contributed by atoms with van der Waals surface area (Å²) in [6.45, 7) is 7.77. The number of ether oxygens (including phenoxy) is 1. The van der Waals surface area contributed by atoms with Gasteiger partial charge in [-0.1, -0.05) is 25.1 Å². The van der Waals surface area contributed by atoms with Crippen molar-refractivity contribution in [3.8, 4) is 5.75 Å². The first-order valence-corrected chi connectivity index (χ1v) is 7.57. The summed E-state index contributed by atoms with van der Waals surface area (Å²) in [6, 6.07) is 8.15. The number of hydrogen-bond donors (Lipinski definition) is 1. The molecule has 0 bridgehead atoms. The zero-order valence-corrected chi connectivity index (χ0v) is 12.8. The molecule has 4 heteroatoms. The monoisotopic (exact) mass is 283 g/mol. The van der Waals surface area contributed by atoms with Crippen LogP contribution in [-0.4, -0.2) is 23.1 Å². The van der Waals surface area contributed by atoms with Crippen LogP contribution in [0, 0.1) is 6.92 Å². The lowest BCUT2D eigenvalue weighted by Gasteiger charge is -2.15. The third-order valence-electron chi connectivity index (χ3n) is 3.94. The van der Waals surface area contributed by atoms with Crippen molar-refractivity contribution in [2.75, 3.05) is 18.5 Å². The molecule has 1 aromatic carbocycles. The number of para-hydroxylation sites is 1. The third-order valence-corrected chi connectivity index (χ3v) is 3.94. The zero-order valence-electron chi connectivity index (χ0n) is 12.8. The Bertz CT molecular complexity index is 654. The van der Waals surface area contributed by atoms with Gasteiger partial charge in [-0.25, -0.2) is 9.97 Å². The van der Waals surface area contributed by atoms with E-state index in [0.717, 1.165) is 36.1 Å². The summed E-state index contributed by atoms with van der Waals surface area (Å²) in [5.74, 6) is 2.90. The standard InChI is InChI=1S/C17H21N3O/c1-4-12-11(3)19-17(20-16(12)18-5-2)14-10-21-15-9-7-6-8-13(14)15/h6-9,14H,4-5,10H2,1-3H3,(H,18,19,20). The highest BCUT2D eigenvalue weighted by atomic mass is 16.5. The van der Waals surface area contributed by atoms with Crippen LogP contribution in [0.1, 0.15) is 42.4 Å². The normalized spacial score (nSPS) is 16.4. The Kier molecular flexibility index (Phi) is 3.78. The number of fused-ring (bicyclic) bond motifs is 1. The second-order valence-electron chi connectivity index (χ2n) is 5.28. The molecule has 1 aliphatic heterocycles. The Morgan fingerprint density at radius 2 is 2.05 bits per heavy atom. The van der Waals surface area contributed by atoms with Gasteiger partial charge in [-0.05, 0) is 26.3 Å². The minimum atomic E-state index is 0.128. The Balaban J connectivity index is 2.04. The highest BCUT2D eigenvalue weighted by Gasteiger charge is 2.28. The number of benzene rings is 1. The molecule has 2 heterocycles. The van der Waals surface area contributed by atoms with Crippen LogP contribution >= 0.6 is 0 Å². The first kappa shape index (κ1) is 13.9. The lowest BCUT2D eigenvalue weighted by Crippen LogP contribution is -2.14. The number of aromatic nitrogens is 2. The fourth-order valence-electron chi connectivity index (χ4n) is 2.89. The minimum absolute atomic E-state index is 0.128. The van der Waals surface area contributed by atoms with Crippen LogP contribution in [0.25, 0.3) is 0 Å². The van der Waals surface area contributed by atoms with Crippen molar-refractivity contribution in [2.24, 2.45) is 0 Å². The molecule has 0 saturated carbocycles. The average molecular weight is 283 g/mol. The van der Waals surface area contributed by atoms with Crippen molar-refractivity contribution < 1.29 is 4.74 Å². The summed E-state index contributed by atoms with van der Waals surface area (Å²) in [7, 11) is 0. The minimum Gasteiger partial charge on any atom is -0.492 e. The predicted molar refractivity (Wildman–Crippen MR) is 84.1 cm³/mol. The first-order valence-electron chi connectivity index (χ1n) is 7.57. The van der Waals surface area contributed by atoms with Crippen molar-refractivity contribution in [1.29, 1.82) is 0 Å². The summed E-state index contributed by atoms with van der Waals surface area (Å²) in [5.41, 5.74) is 3.44. The van der Waals surface area contributed by atoms with Crippen molar-refractivity contribution in [2.45, 2.75) is 33.1 Å². The van der Waals surface area contributed by atoms with Gasteiger partial charge in [0, 0.05) is 23.4 Å². The van der Waals surface area contributed by atoms with Crippen molar-refractivity contribution >= 4 is 5.82 Å². The zero-order chi connectivity index (χ0) is 14.8. The lowest BCUT2D eigenvalue weighted by molar-refractivity contribution is 0.339. The topological polar surface area (TPSA) is 47.0 Å². The van der Waals surface area contributed by atoms with E-state index in [1.807, 2.05) is 18.2 Å². The van der Waals surface area contributed by atoms with Gasteiger partial charge in [-0.2, -0.15) is 0 Å². The molecule has 0 spiro atoms. The molecule has 0 radical (unpaired) electrons. The molecular weight excluding hydrogens is 262 g/mol. The average Bonchev–Trinajstić information content (AvgIpc) is 2.91. The van der Waals surface area contributed by atoms with E-state index in [4.69, 9.17) is 14.7 Å². The number of nitrogens with zero attached hydrogens (tertiary/aromatic N) is 2. The Morgan fingerprint density at radius 3 is 2.81 bits per heavy atom. The fraction of sp³-hybridized carbons (Fsp3) is 0.412. The van der Waals surface area contributed by atoms with Crippen molar-refractivity contribution in [3.05, 3.63) is 46.9 Å². The first-order chi connectivity index (χ1) is 10.2. The molecule has 2 aromatic rings. The quantitative estimate of drug-likeness (QED) is 0.935. The third kappa shape index (κ3) is 2.46. The second-order valence-corrected chi connectivity index (χ2v) is 5.28. The molecule has 1 atom stereocenters. The molecular formula is C17H21N3O. The van der Waals surface area contributed by atoms with Gasteiger partial charge in [0.15, 0.2) is 0 Å². The molecule has 1 aromatic heterocycles. The predicted octanol–water partition coefficient (Wildman–Crippen LogP) is 3.30. The summed E-state index contributed by atoms with van der Waals surface area (Å²) in [6.07, 6.45) is 0.937. The molecule has 1 unspecified atom stereocenters. The number of rotatable bonds is 4. The second kappa shape index (κ2) is 5.72. The molecule has 3 rings (SSSR count). The van der Waals surface area contributed by atoms with E-state index in [0.29, 0.717) is 6.61 Å². The highest BCUT2D eigenvalue weighted by Crippen LogP contribution is 2.37. The van der Waals surface area contributed by atoms with Gasteiger partial charge in [0.1, 0.15) is 24.0 Å². The SMILES string of the molecule is CCNc1nc(C2COc3ccccc32)nc(C)c1CC. The largest absolute Gasteiger partial charge is 0.492 e. The number of nitrogens with one attached hydrogen (secondary N) is 1. The van der Waals surface area contributed by atoms with Gasteiger partial charge >= 0.3 is 0 Å². The molecule has 0 fully saturated rings. The van der Waals surface area contributed by atoms with Crippen LogP contribution in [-0.2, 0) is 6.42 Å². The Hall–Kier alpha value is -2.10. The molecule has 110 valence electrons. The van der Waals surface area contributed by atoms with E-state index in [2.05, 4.69) is 32.2 Å². The smallest absolute Gasteiger partial charge is 0.142 e. The number of hydrogen-bond acceptors (Lipinski definition) is 4.